The highest BCUT2D eigenvalue weighted by molar-refractivity contribution is 5.20. The summed E-state index contributed by atoms with van der Waals surface area (Å²) >= 11 is 0. The summed E-state index contributed by atoms with van der Waals surface area (Å²) in [4.78, 5) is 2.11. The predicted octanol–water partition coefficient (Wildman–Crippen LogP) is 5.22. The number of hydrogen-bond acceptors (Lipinski definition) is 3. The molecule has 2 aromatic rings. The van der Waals surface area contributed by atoms with Crippen LogP contribution in [-0.2, 0) is 17.9 Å². The van der Waals surface area contributed by atoms with Crippen molar-refractivity contribution in [1.82, 2.24) is 4.90 Å². The molecular weight excluding hydrogens is 310 g/mol. The minimum Gasteiger partial charge on any atom is -0.462 e. The largest absolute Gasteiger partial charge is 0.462 e. The zero-order valence-electron chi connectivity index (χ0n) is 15.6. The minimum atomic E-state index is 0.498. The molecule has 1 aromatic carbocycles. The van der Waals surface area contributed by atoms with Crippen LogP contribution in [0.15, 0.2) is 46.9 Å². The number of nitrogens with zero attached hydrogens (tertiary/aromatic N) is 1. The van der Waals surface area contributed by atoms with Crippen molar-refractivity contribution in [2.75, 3.05) is 20.7 Å². The Labute approximate surface area is 152 Å². The van der Waals surface area contributed by atoms with E-state index in [1.54, 1.807) is 0 Å². The fourth-order valence-electron chi connectivity index (χ4n) is 3.92. The fourth-order valence-corrected chi connectivity index (χ4v) is 3.92. The third-order valence-corrected chi connectivity index (χ3v) is 5.18. The molecule has 3 rings (SSSR count). The smallest absolute Gasteiger partial charge is 0.129 e. The Morgan fingerprint density at radius 1 is 1.00 bits per heavy atom. The second-order valence-corrected chi connectivity index (χ2v) is 7.54. The molecule has 0 radical (unpaired) electrons. The fraction of sp³-hybridized carbons (Fsp3) is 0.545. The molecule has 136 valence electrons. The summed E-state index contributed by atoms with van der Waals surface area (Å²) in [6.07, 6.45) is 6.77. The van der Waals surface area contributed by atoms with Crippen LogP contribution in [0.1, 0.15) is 55.1 Å². The molecule has 0 spiro atoms. The van der Waals surface area contributed by atoms with Gasteiger partial charge in [0, 0.05) is 5.92 Å². The maximum absolute atomic E-state index is 6.10. The van der Waals surface area contributed by atoms with Gasteiger partial charge in [0.05, 0.1) is 13.2 Å². The van der Waals surface area contributed by atoms with Crippen molar-refractivity contribution in [3.63, 3.8) is 0 Å². The molecular formula is C22H31NO2. The molecule has 3 nitrogen and oxygen atoms in total. The van der Waals surface area contributed by atoms with Gasteiger partial charge >= 0.3 is 0 Å². The van der Waals surface area contributed by atoms with Crippen LogP contribution in [0.3, 0.4) is 0 Å². The zero-order valence-corrected chi connectivity index (χ0v) is 15.6. The van der Waals surface area contributed by atoms with Crippen LogP contribution < -0.4 is 0 Å². The summed E-state index contributed by atoms with van der Waals surface area (Å²) in [5.41, 5.74) is 1.42. The topological polar surface area (TPSA) is 25.6 Å². The molecule has 1 aliphatic rings. The molecule has 3 heteroatoms. The van der Waals surface area contributed by atoms with Crippen LogP contribution in [0.4, 0.5) is 0 Å². The molecule has 1 fully saturated rings. The molecule has 0 N–H and O–H groups in total. The average molecular weight is 341 g/mol. The van der Waals surface area contributed by atoms with Gasteiger partial charge in [-0.2, -0.15) is 0 Å². The Balaban J connectivity index is 1.58. The van der Waals surface area contributed by atoms with E-state index in [4.69, 9.17) is 9.15 Å². The first-order valence-electron chi connectivity index (χ1n) is 9.57. The molecule has 0 aliphatic heterocycles. The van der Waals surface area contributed by atoms with Crippen molar-refractivity contribution in [2.45, 2.75) is 51.2 Å². The van der Waals surface area contributed by atoms with Crippen molar-refractivity contribution in [3.8, 4) is 0 Å². The molecule has 1 atom stereocenters. The molecule has 1 aromatic heterocycles. The van der Waals surface area contributed by atoms with Crippen LogP contribution in [-0.4, -0.2) is 25.6 Å². The van der Waals surface area contributed by atoms with Crippen molar-refractivity contribution in [1.29, 1.82) is 0 Å². The summed E-state index contributed by atoms with van der Waals surface area (Å²) in [6, 6.07) is 15.0. The summed E-state index contributed by atoms with van der Waals surface area (Å²) in [7, 11) is 4.10. The molecule has 1 heterocycles. The highest BCUT2D eigenvalue weighted by atomic mass is 16.5. The van der Waals surface area contributed by atoms with Gasteiger partial charge in [-0.05, 0) is 50.6 Å². The summed E-state index contributed by atoms with van der Waals surface area (Å²) in [5.74, 6) is 3.16. The maximum atomic E-state index is 6.10. The number of rotatable bonds is 8. The van der Waals surface area contributed by atoms with E-state index in [0.717, 1.165) is 30.6 Å². The molecule has 1 saturated carbocycles. The van der Waals surface area contributed by atoms with Crippen molar-refractivity contribution in [3.05, 3.63) is 59.5 Å². The van der Waals surface area contributed by atoms with Gasteiger partial charge in [-0.3, -0.25) is 0 Å². The van der Waals surface area contributed by atoms with Crippen molar-refractivity contribution >= 4 is 0 Å². The summed E-state index contributed by atoms with van der Waals surface area (Å²) in [6.45, 7) is 2.16. The SMILES string of the molecule is CN(C)Cc1ccc(COCC(c2ccccc2)C2CCCCC2)o1. The average Bonchev–Trinajstić information content (AvgIpc) is 3.07. The normalized spacial score (nSPS) is 17.1. The van der Waals surface area contributed by atoms with Crippen LogP contribution in [0, 0.1) is 5.92 Å². The molecule has 25 heavy (non-hydrogen) atoms. The van der Waals surface area contributed by atoms with E-state index in [1.807, 2.05) is 20.2 Å². The first-order chi connectivity index (χ1) is 12.2. The Kier molecular flexibility index (Phi) is 6.71. The van der Waals surface area contributed by atoms with E-state index in [1.165, 1.54) is 37.7 Å². The van der Waals surface area contributed by atoms with Crippen LogP contribution >= 0.6 is 0 Å². The Hall–Kier alpha value is -1.58. The molecule has 1 unspecified atom stereocenters. The third kappa shape index (κ3) is 5.45. The van der Waals surface area contributed by atoms with Gasteiger partial charge in [0.2, 0.25) is 0 Å². The molecule has 0 bridgehead atoms. The van der Waals surface area contributed by atoms with Gasteiger partial charge in [0.1, 0.15) is 18.1 Å². The lowest BCUT2D eigenvalue weighted by atomic mass is 9.77. The van der Waals surface area contributed by atoms with Gasteiger partial charge in [-0.1, -0.05) is 49.6 Å². The second kappa shape index (κ2) is 9.21. The molecule has 1 aliphatic carbocycles. The lowest BCUT2D eigenvalue weighted by Crippen LogP contribution is -2.21. The number of benzene rings is 1. The number of hydrogen-bond donors (Lipinski definition) is 0. The Morgan fingerprint density at radius 3 is 2.44 bits per heavy atom. The highest BCUT2D eigenvalue weighted by Gasteiger charge is 2.25. The zero-order chi connectivity index (χ0) is 17.5. The highest BCUT2D eigenvalue weighted by Crippen LogP contribution is 2.36. The van der Waals surface area contributed by atoms with E-state index in [0.29, 0.717) is 12.5 Å². The quantitative estimate of drug-likeness (QED) is 0.658. The lowest BCUT2D eigenvalue weighted by molar-refractivity contribution is 0.0727. The predicted molar refractivity (Wildman–Crippen MR) is 102 cm³/mol. The Morgan fingerprint density at radius 2 is 1.72 bits per heavy atom. The molecule has 0 amide bonds. The van der Waals surface area contributed by atoms with Gasteiger partial charge in [-0.25, -0.2) is 0 Å². The van der Waals surface area contributed by atoms with E-state index >= 15 is 0 Å². The van der Waals surface area contributed by atoms with Gasteiger partial charge in [0.15, 0.2) is 0 Å². The van der Waals surface area contributed by atoms with Crippen LogP contribution in [0.2, 0.25) is 0 Å². The van der Waals surface area contributed by atoms with Gasteiger partial charge < -0.3 is 14.1 Å². The second-order valence-electron chi connectivity index (χ2n) is 7.54. The first kappa shape index (κ1) is 18.2. The van der Waals surface area contributed by atoms with Crippen molar-refractivity contribution < 1.29 is 9.15 Å². The Bertz CT molecular complexity index is 614. The minimum absolute atomic E-state index is 0.498. The lowest BCUT2D eigenvalue weighted by Gasteiger charge is -2.30. The molecule has 0 saturated heterocycles. The number of ether oxygens (including phenoxy) is 1. The van der Waals surface area contributed by atoms with E-state index in [9.17, 15) is 0 Å². The van der Waals surface area contributed by atoms with E-state index in [2.05, 4.69) is 41.3 Å². The maximum Gasteiger partial charge on any atom is 0.129 e. The summed E-state index contributed by atoms with van der Waals surface area (Å²) in [5, 5.41) is 0. The van der Waals surface area contributed by atoms with E-state index in [-0.39, 0.29) is 0 Å². The van der Waals surface area contributed by atoms with Gasteiger partial charge in [-0.15, -0.1) is 0 Å². The van der Waals surface area contributed by atoms with Gasteiger partial charge in [0.25, 0.3) is 0 Å². The monoisotopic (exact) mass is 341 g/mol. The van der Waals surface area contributed by atoms with Crippen LogP contribution in [0.25, 0.3) is 0 Å². The number of furan rings is 1. The van der Waals surface area contributed by atoms with E-state index < -0.39 is 0 Å². The van der Waals surface area contributed by atoms with Crippen LogP contribution in [0.5, 0.6) is 0 Å². The van der Waals surface area contributed by atoms with Crippen molar-refractivity contribution in [2.24, 2.45) is 5.92 Å². The standard InChI is InChI=1S/C22H31NO2/c1-23(2)15-20-13-14-21(25-20)16-24-17-22(18-9-5-3-6-10-18)19-11-7-4-8-12-19/h3,5-6,9-10,13-14,19,22H,4,7-8,11-12,15-17H2,1-2H3. The first-order valence-corrected chi connectivity index (χ1v) is 9.57. The third-order valence-electron chi connectivity index (χ3n) is 5.18. The summed E-state index contributed by atoms with van der Waals surface area (Å²) < 4.78 is 12.0.